The van der Waals surface area contributed by atoms with E-state index in [-0.39, 0.29) is 11.9 Å². The van der Waals surface area contributed by atoms with Crippen LogP contribution in [-0.2, 0) is 6.42 Å². The molecule has 1 N–H and O–H groups in total. The quantitative estimate of drug-likeness (QED) is 0.866. The van der Waals surface area contributed by atoms with Crippen LogP contribution < -0.4 is 10.1 Å². The lowest BCUT2D eigenvalue weighted by molar-refractivity contribution is 0.414. The zero-order valence-electron chi connectivity index (χ0n) is 11.9. The first-order valence-corrected chi connectivity index (χ1v) is 6.81. The number of ether oxygens (including phenoxy) is 1. The van der Waals surface area contributed by atoms with Crippen LogP contribution >= 0.6 is 0 Å². The van der Waals surface area contributed by atoms with Crippen molar-refractivity contribution in [2.75, 3.05) is 13.7 Å². The molecule has 3 heteroatoms. The third-order valence-corrected chi connectivity index (χ3v) is 3.37. The Kier molecular flexibility index (Phi) is 5.13. The first-order chi connectivity index (χ1) is 9.69. The highest BCUT2D eigenvalue weighted by atomic mass is 19.1. The fraction of sp³-hybridized carbons (Fsp3) is 0.294. The van der Waals surface area contributed by atoms with E-state index >= 15 is 0 Å². The summed E-state index contributed by atoms with van der Waals surface area (Å²) in [6.45, 7) is 2.93. The normalized spacial score (nSPS) is 12.2. The molecule has 0 aliphatic rings. The van der Waals surface area contributed by atoms with E-state index in [0.717, 1.165) is 24.3 Å². The first-order valence-electron chi connectivity index (χ1n) is 6.81. The second-order valence-corrected chi connectivity index (χ2v) is 4.83. The monoisotopic (exact) mass is 273 g/mol. The van der Waals surface area contributed by atoms with Crippen molar-refractivity contribution < 1.29 is 9.13 Å². The Labute approximate surface area is 119 Å². The molecule has 0 heterocycles. The lowest BCUT2D eigenvalue weighted by Crippen LogP contribution is -2.21. The van der Waals surface area contributed by atoms with E-state index in [9.17, 15) is 4.39 Å². The number of benzene rings is 2. The number of halogens is 1. The smallest absolute Gasteiger partial charge is 0.123 e. The van der Waals surface area contributed by atoms with Crippen LogP contribution in [0.4, 0.5) is 4.39 Å². The van der Waals surface area contributed by atoms with E-state index in [1.807, 2.05) is 18.2 Å². The maximum atomic E-state index is 13.1. The zero-order chi connectivity index (χ0) is 14.4. The average Bonchev–Trinajstić information content (AvgIpc) is 2.47. The van der Waals surface area contributed by atoms with Crippen LogP contribution in [0.2, 0.25) is 0 Å². The Balaban J connectivity index is 1.83. The van der Waals surface area contributed by atoms with Crippen molar-refractivity contribution in [3.05, 3.63) is 65.5 Å². The van der Waals surface area contributed by atoms with Gasteiger partial charge in [0.05, 0.1) is 7.11 Å². The minimum Gasteiger partial charge on any atom is -0.497 e. The van der Waals surface area contributed by atoms with Crippen molar-refractivity contribution in [1.82, 2.24) is 5.32 Å². The Hall–Kier alpha value is -1.87. The van der Waals surface area contributed by atoms with Gasteiger partial charge in [-0.1, -0.05) is 24.3 Å². The van der Waals surface area contributed by atoms with Gasteiger partial charge in [0.15, 0.2) is 0 Å². The minimum absolute atomic E-state index is 0.175. The molecule has 2 nitrogen and oxygen atoms in total. The third kappa shape index (κ3) is 4.07. The molecule has 2 rings (SSSR count). The van der Waals surface area contributed by atoms with E-state index in [2.05, 4.69) is 24.4 Å². The molecule has 2 aromatic rings. The van der Waals surface area contributed by atoms with Gasteiger partial charge in [-0.15, -0.1) is 0 Å². The Morgan fingerprint density at radius 2 is 1.90 bits per heavy atom. The van der Waals surface area contributed by atoms with Crippen molar-refractivity contribution >= 4 is 0 Å². The number of nitrogens with one attached hydrogen (secondary N) is 1. The van der Waals surface area contributed by atoms with Crippen LogP contribution in [0, 0.1) is 5.82 Å². The van der Waals surface area contributed by atoms with Crippen LogP contribution in [0.15, 0.2) is 48.5 Å². The van der Waals surface area contributed by atoms with Crippen molar-refractivity contribution in [3.63, 3.8) is 0 Å². The van der Waals surface area contributed by atoms with Crippen molar-refractivity contribution in [1.29, 1.82) is 0 Å². The predicted molar refractivity (Wildman–Crippen MR) is 79.5 cm³/mol. The second kappa shape index (κ2) is 7.06. The SMILES string of the molecule is COc1ccc(C(C)NCCc2cccc(F)c2)cc1. The largest absolute Gasteiger partial charge is 0.497 e. The second-order valence-electron chi connectivity index (χ2n) is 4.83. The summed E-state index contributed by atoms with van der Waals surface area (Å²) >= 11 is 0. The molecule has 20 heavy (non-hydrogen) atoms. The summed E-state index contributed by atoms with van der Waals surface area (Å²) in [5, 5.41) is 3.44. The van der Waals surface area contributed by atoms with Gasteiger partial charge in [0, 0.05) is 6.04 Å². The molecule has 0 spiro atoms. The summed E-state index contributed by atoms with van der Waals surface area (Å²) in [5.74, 6) is 0.686. The van der Waals surface area contributed by atoms with E-state index in [1.54, 1.807) is 19.2 Å². The van der Waals surface area contributed by atoms with Crippen LogP contribution in [0.1, 0.15) is 24.1 Å². The number of methoxy groups -OCH3 is 1. The third-order valence-electron chi connectivity index (χ3n) is 3.37. The Morgan fingerprint density at radius 3 is 2.55 bits per heavy atom. The summed E-state index contributed by atoms with van der Waals surface area (Å²) in [6, 6.07) is 15.0. The molecule has 0 amide bonds. The maximum Gasteiger partial charge on any atom is 0.123 e. The molecule has 1 atom stereocenters. The van der Waals surface area contributed by atoms with Gasteiger partial charge in [-0.05, 0) is 55.3 Å². The van der Waals surface area contributed by atoms with Crippen LogP contribution in [0.25, 0.3) is 0 Å². The standard InChI is InChI=1S/C17H20FNO/c1-13(15-6-8-17(20-2)9-7-15)19-11-10-14-4-3-5-16(18)12-14/h3-9,12-13,19H,10-11H2,1-2H3. The number of hydrogen-bond donors (Lipinski definition) is 1. The van der Waals surface area contributed by atoms with E-state index in [4.69, 9.17) is 4.74 Å². The Bertz CT molecular complexity index is 539. The topological polar surface area (TPSA) is 21.3 Å². The molecule has 0 radical (unpaired) electrons. The van der Waals surface area contributed by atoms with Crippen molar-refractivity contribution in [2.45, 2.75) is 19.4 Å². The summed E-state index contributed by atoms with van der Waals surface area (Å²) in [4.78, 5) is 0. The highest BCUT2D eigenvalue weighted by molar-refractivity contribution is 5.28. The molecule has 0 saturated carbocycles. The summed E-state index contributed by atoms with van der Waals surface area (Å²) in [6.07, 6.45) is 0.818. The van der Waals surface area contributed by atoms with Gasteiger partial charge < -0.3 is 10.1 Å². The molecule has 106 valence electrons. The van der Waals surface area contributed by atoms with E-state index < -0.39 is 0 Å². The lowest BCUT2D eigenvalue weighted by Gasteiger charge is -2.14. The van der Waals surface area contributed by atoms with Crippen LogP contribution in [-0.4, -0.2) is 13.7 Å². The van der Waals surface area contributed by atoms with Crippen molar-refractivity contribution in [2.24, 2.45) is 0 Å². The van der Waals surface area contributed by atoms with Gasteiger partial charge in [0.25, 0.3) is 0 Å². The van der Waals surface area contributed by atoms with E-state index in [1.165, 1.54) is 11.6 Å². The molecule has 0 fully saturated rings. The highest BCUT2D eigenvalue weighted by Gasteiger charge is 2.04. The van der Waals surface area contributed by atoms with Gasteiger partial charge in [-0.2, -0.15) is 0 Å². The van der Waals surface area contributed by atoms with Crippen LogP contribution in [0.5, 0.6) is 5.75 Å². The fourth-order valence-corrected chi connectivity index (χ4v) is 2.14. The number of hydrogen-bond acceptors (Lipinski definition) is 2. The number of rotatable bonds is 6. The highest BCUT2D eigenvalue weighted by Crippen LogP contribution is 2.17. The molecule has 2 aromatic carbocycles. The molecule has 0 bridgehead atoms. The molecular formula is C17H20FNO. The van der Waals surface area contributed by atoms with Gasteiger partial charge in [-0.3, -0.25) is 0 Å². The van der Waals surface area contributed by atoms with Gasteiger partial charge in [-0.25, -0.2) is 4.39 Å². The first kappa shape index (κ1) is 14.5. The predicted octanol–water partition coefficient (Wildman–Crippen LogP) is 3.73. The molecule has 0 aromatic heterocycles. The van der Waals surface area contributed by atoms with Gasteiger partial charge in [0.1, 0.15) is 11.6 Å². The van der Waals surface area contributed by atoms with E-state index in [0.29, 0.717) is 0 Å². The lowest BCUT2D eigenvalue weighted by atomic mass is 10.1. The summed E-state index contributed by atoms with van der Waals surface area (Å²) < 4.78 is 18.2. The zero-order valence-corrected chi connectivity index (χ0v) is 11.9. The van der Waals surface area contributed by atoms with Crippen molar-refractivity contribution in [3.8, 4) is 5.75 Å². The molecule has 0 aliphatic heterocycles. The van der Waals surface area contributed by atoms with Crippen LogP contribution in [0.3, 0.4) is 0 Å². The average molecular weight is 273 g/mol. The summed E-state index contributed by atoms with van der Waals surface area (Å²) in [5.41, 5.74) is 2.23. The fourth-order valence-electron chi connectivity index (χ4n) is 2.14. The molecular weight excluding hydrogens is 253 g/mol. The molecule has 1 unspecified atom stereocenters. The molecule has 0 saturated heterocycles. The van der Waals surface area contributed by atoms with Gasteiger partial charge in [0.2, 0.25) is 0 Å². The van der Waals surface area contributed by atoms with Gasteiger partial charge >= 0.3 is 0 Å². The molecule has 0 aliphatic carbocycles. The Morgan fingerprint density at radius 1 is 1.15 bits per heavy atom. The maximum absolute atomic E-state index is 13.1. The minimum atomic E-state index is -0.175. The summed E-state index contributed by atoms with van der Waals surface area (Å²) in [7, 11) is 1.66.